The van der Waals surface area contributed by atoms with E-state index in [-0.39, 0.29) is 11.2 Å². The topological polar surface area (TPSA) is 9.23 Å². The van der Waals surface area contributed by atoms with Gasteiger partial charge in [0.05, 0.1) is 6.61 Å². The molecule has 0 saturated heterocycles. The molecule has 2 fully saturated rings. The monoisotopic (exact) mass is 288 g/mol. The van der Waals surface area contributed by atoms with E-state index in [4.69, 9.17) is 4.74 Å². The molecule has 0 unspecified atom stereocenters. The Kier molecular flexibility index (Phi) is 3.81. The van der Waals surface area contributed by atoms with Crippen LogP contribution in [0, 0.1) is 17.2 Å². The van der Waals surface area contributed by atoms with Crippen LogP contribution in [0.25, 0.3) is 5.57 Å². The molecule has 0 N–H and O–H groups in total. The first-order chi connectivity index (χ1) is 9.95. The minimum Gasteiger partial charge on any atom is -0.490 e. The van der Waals surface area contributed by atoms with Crippen LogP contribution in [0.15, 0.2) is 23.8 Å². The minimum absolute atomic E-state index is 0.0847. The standard InChI is InChI=1S/C19H25FO/c1-19(2,3)18(14-5-4-6-14)15-9-10-16(20)17(11-15)21-12-13-7-8-13/h9-11,13H,4-8,12H2,1-3H3. The lowest BCUT2D eigenvalue weighted by molar-refractivity contribution is 0.285. The van der Waals surface area contributed by atoms with E-state index in [1.807, 2.05) is 12.1 Å². The van der Waals surface area contributed by atoms with E-state index in [0.717, 1.165) is 5.56 Å². The van der Waals surface area contributed by atoms with Crippen LogP contribution in [-0.4, -0.2) is 6.61 Å². The van der Waals surface area contributed by atoms with Gasteiger partial charge in [-0.15, -0.1) is 0 Å². The van der Waals surface area contributed by atoms with Crippen LogP contribution in [0.2, 0.25) is 0 Å². The summed E-state index contributed by atoms with van der Waals surface area (Å²) in [5.74, 6) is 0.812. The molecule has 1 aromatic rings. The number of allylic oxidation sites excluding steroid dienone is 2. The molecule has 0 amide bonds. The summed E-state index contributed by atoms with van der Waals surface area (Å²) in [7, 11) is 0. The van der Waals surface area contributed by atoms with Crippen molar-refractivity contribution >= 4 is 5.57 Å². The van der Waals surface area contributed by atoms with Crippen molar-refractivity contribution in [2.75, 3.05) is 6.61 Å². The van der Waals surface area contributed by atoms with E-state index < -0.39 is 0 Å². The highest BCUT2D eigenvalue weighted by atomic mass is 19.1. The normalized spacial score (nSPS) is 18.4. The Bertz CT molecular complexity index is 555. The Morgan fingerprint density at radius 2 is 1.95 bits per heavy atom. The first-order valence-electron chi connectivity index (χ1n) is 8.10. The molecule has 0 heterocycles. The predicted molar refractivity (Wildman–Crippen MR) is 84.8 cm³/mol. The van der Waals surface area contributed by atoms with E-state index in [1.165, 1.54) is 43.3 Å². The molecule has 0 spiro atoms. The molecule has 114 valence electrons. The molecule has 0 bridgehead atoms. The van der Waals surface area contributed by atoms with Crippen molar-refractivity contribution in [3.05, 3.63) is 35.2 Å². The number of ether oxygens (including phenoxy) is 1. The summed E-state index contributed by atoms with van der Waals surface area (Å²) in [6.45, 7) is 7.37. The molecule has 1 nitrogen and oxygen atoms in total. The Labute approximate surface area is 127 Å². The van der Waals surface area contributed by atoms with Gasteiger partial charge in [0.2, 0.25) is 0 Å². The fourth-order valence-electron chi connectivity index (χ4n) is 3.03. The molecule has 0 aromatic heterocycles. The number of benzene rings is 1. The zero-order valence-corrected chi connectivity index (χ0v) is 13.3. The number of hydrogen-bond acceptors (Lipinski definition) is 1. The first kappa shape index (κ1) is 14.6. The second-order valence-corrected chi connectivity index (χ2v) is 7.48. The first-order valence-corrected chi connectivity index (χ1v) is 8.10. The van der Waals surface area contributed by atoms with Crippen molar-refractivity contribution in [1.29, 1.82) is 0 Å². The van der Waals surface area contributed by atoms with Crippen molar-refractivity contribution in [3.8, 4) is 5.75 Å². The molecule has 2 saturated carbocycles. The molecule has 0 radical (unpaired) electrons. The molecular formula is C19H25FO. The van der Waals surface area contributed by atoms with Crippen molar-refractivity contribution < 1.29 is 9.13 Å². The van der Waals surface area contributed by atoms with E-state index in [1.54, 1.807) is 6.07 Å². The Hall–Kier alpha value is -1.31. The van der Waals surface area contributed by atoms with Gasteiger partial charge in [0, 0.05) is 0 Å². The molecule has 1 aromatic carbocycles. The highest BCUT2D eigenvalue weighted by Gasteiger charge is 2.27. The quantitative estimate of drug-likeness (QED) is 0.701. The van der Waals surface area contributed by atoms with Crippen LogP contribution in [0.1, 0.15) is 58.4 Å². The van der Waals surface area contributed by atoms with Crippen molar-refractivity contribution in [2.24, 2.45) is 11.3 Å². The van der Waals surface area contributed by atoms with Crippen molar-refractivity contribution in [2.45, 2.75) is 52.9 Å². The maximum Gasteiger partial charge on any atom is 0.165 e. The Balaban J connectivity index is 1.91. The van der Waals surface area contributed by atoms with Crippen LogP contribution in [0.3, 0.4) is 0 Å². The molecule has 2 heteroatoms. The average molecular weight is 288 g/mol. The van der Waals surface area contributed by atoms with Crippen LogP contribution in [0.4, 0.5) is 4.39 Å². The largest absolute Gasteiger partial charge is 0.490 e. The maximum atomic E-state index is 14.0. The van der Waals surface area contributed by atoms with Gasteiger partial charge in [-0.2, -0.15) is 0 Å². The third kappa shape index (κ3) is 3.30. The van der Waals surface area contributed by atoms with Gasteiger partial charge < -0.3 is 4.74 Å². The summed E-state index contributed by atoms with van der Waals surface area (Å²) in [6, 6.07) is 5.37. The SMILES string of the molecule is CC(C)(C)C(=C1CCC1)c1ccc(F)c(OCC2CC2)c1. The second-order valence-electron chi connectivity index (χ2n) is 7.48. The molecule has 3 rings (SSSR count). The van der Waals surface area contributed by atoms with Gasteiger partial charge in [-0.3, -0.25) is 0 Å². The zero-order valence-electron chi connectivity index (χ0n) is 13.3. The summed E-state index contributed by atoms with van der Waals surface area (Å²) in [4.78, 5) is 0. The number of halogens is 1. The predicted octanol–water partition coefficient (Wildman–Crippen LogP) is 5.60. The molecule has 0 aliphatic heterocycles. The van der Waals surface area contributed by atoms with E-state index in [2.05, 4.69) is 20.8 Å². The van der Waals surface area contributed by atoms with Gasteiger partial charge in [0.25, 0.3) is 0 Å². The van der Waals surface area contributed by atoms with E-state index >= 15 is 0 Å². The molecule has 2 aliphatic rings. The lowest BCUT2D eigenvalue weighted by atomic mass is 9.74. The van der Waals surface area contributed by atoms with Gasteiger partial charge in [-0.25, -0.2) is 4.39 Å². The van der Waals surface area contributed by atoms with Gasteiger partial charge >= 0.3 is 0 Å². The summed E-state index contributed by atoms with van der Waals surface area (Å²) in [5, 5.41) is 0. The fraction of sp³-hybridized carbons (Fsp3) is 0.579. The highest BCUT2D eigenvalue weighted by molar-refractivity contribution is 5.74. The molecule has 21 heavy (non-hydrogen) atoms. The van der Waals surface area contributed by atoms with Gasteiger partial charge in [0.1, 0.15) is 0 Å². The second kappa shape index (κ2) is 5.47. The summed E-state index contributed by atoms with van der Waals surface area (Å²) >= 11 is 0. The lowest BCUT2D eigenvalue weighted by Crippen LogP contribution is -2.15. The highest BCUT2D eigenvalue weighted by Crippen LogP contribution is 2.44. The summed E-state index contributed by atoms with van der Waals surface area (Å²) in [5.41, 5.74) is 4.12. The van der Waals surface area contributed by atoms with Crippen molar-refractivity contribution in [1.82, 2.24) is 0 Å². The van der Waals surface area contributed by atoms with E-state index in [0.29, 0.717) is 18.3 Å². The van der Waals surface area contributed by atoms with Crippen molar-refractivity contribution in [3.63, 3.8) is 0 Å². The number of hydrogen-bond donors (Lipinski definition) is 0. The summed E-state index contributed by atoms with van der Waals surface area (Å²) in [6.07, 6.45) is 6.09. The third-order valence-electron chi connectivity index (χ3n) is 4.45. The van der Waals surface area contributed by atoms with Gasteiger partial charge in [-0.1, -0.05) is 32.4 Å². The Morgan fingerprint density at radius 3 is 2.48 bits per heavy atom. The van der Waals surface area contributed by atoms with E-state index in [9.17, 15) is 4.39 Å². The number of rotatable bonds is 4. The Morgan fingerprint density at radius 1 is 1.24 bits per heavy atom. The van der Waals surface area contributed by atoms with Crippen LogP contribution in [0.5, 0.6) is 5.75 Å². The maximum absolute atomic E-state index is 14.0. The average Bonchev–Trinajstić information content (AvgIpc) is 3.15. The zero-order chi connectivity index (χ0) is 15.0. The van der Waals surface area contributed by atoms with Crippen LogP contribution >= 0.6 is 0 Å². The van der Waals surface area contributed by atoms with Crippen LogP contribution < -0.4 is 4.74 Å². The minimum atomic E-state index is -0.244. The fourth-order valence-corrected chi connectivity index (χ4v) is 3.03. The summed E-state index contributed by atoms with van der Waals surface area (Å²) < 4.78 is 19.7. The van der Waals surface area contributed by atoms with Gasteiger partial charge in [-0.05, 0) is 66.7 Å². The molecule has 2 aliphatic carbocycles. The van der Waals surface area contributed by atoms with Crippen LogP contribution in [-0.2, 0) is 0 Å². The van der Waals surface area contributed by atoms with Gasteiger partial charge in [0.15, 0.2) is 11.6 Å². The smallest absolute Gasteiger partial charge is 0.165 e. The third-order valence-corrected chi connectivity index (χ3v) is 4.45. The lowest BCUT2D eigenvalue weighted by Gasteiger charge is -2.31. The molecule has 0 atom stereocenters. The molecular weight excluding hydrogens is 263 g/mol.